The van der Waals surface area contributed by atoms with E-state index in [1.807, 2.05) is 0 Å². The lowest BCUT2D eigenvalue weighted by atomic mass is 10.3. The number of para-hydroxylation sites is 4. The third-order valence-corrected chi connectivity index (χ3v) is 3.25. The first kappa shape index (κ1) is 15.7. The van der Waals surface area contributed by atoms with Crippen molar-refractivity contribution in [3.05, 3.63) is 59.1 Å². The number of rotatable bonds is 5. The molecule has 2 aromatic carbocycles. The Morgan fingerprint density at radius 2 is 1.88 bits per heavy atom. The Morgan fingerprint density at radius 3 is 2.67 bits per heavy atom. The Bertz CT molecular complexity index is 933. The Labute approximate surface area is 134 Å². The summed E-state index contributed by atoms with van der Waals surface area (Å²) < 4.78 is 35.3. The number of nitrogens with zero attached hydrogens (tertiary/aromatic N) is 1. The summed E-state index contributed by atoms with van der Waals surface area (Å²) in [6, 6.07) is 12.4. The molecule has 124 valence electrons. The topological polar surface area (TPSA) is 73.5 Å². The van der Waals surface area contributed by atoms with E-state index < -0.39 is 18.3 Å². The molecule has 8 heteroatoms. The van der Waals surface area contributed by atoms with Gasteiger partial charge in [-0.25, -0.2) is 4.79 Å². The maximum absolute atomic E-state index is 12.4. The maximum Gasteiger partial charge on any atom is 0.420 e. The SMILES string of the molecule is O=C(Cn1c(=O)oc2ccccc21)Nc1ccccc1OC(F)F. The van der Waals surface area contributed by atoms with Gasteiger partial charge in [0, 0.05) is 0 Å². The van der Waals surface area contributed by atoms with Gasteiger partial charge in [-0.15, -0.1) is 0 Å². The number of carbonyl (C=O) groups excluding carboxylic acids is 1. The molecule has 0 unspecified atom stereocenters. The number of hydrogen-bond donors (Lipinski definition) is 1. The monoisotopic (exact) mass is 334 g/mol. The van der Waals surface area contributed by atoms with Gasteiger partial charge in [-0.3, -0.25) is 9.36 Å². The number of benzene rings is 2. The second kappa shape index (κ2) is 6.53. The highest BCUT2D eigenvalue weighted by atomic mass is 19.3. The highest BCUT2D eigenvalue weighted by molar-refractivity contribution is 5.92. The van der Waals surface area contributed by atoms with Crippen molar-refractivity contribution in [3.63, 3.8) is 0 Å². The fourth-order valence-corrected chi connectivity index (χ4v) is 2.27. The van der Waals surface area contributed by atoms with E-state index in [-0.39, 0.29) is 18.0 Å². The smallest absolute Gasteiger partial charge is 0.420 e. The molecule has 0 radical (unpaired) electrons. The molecule has 0 aliphatic rings. The molecule has 0 bridgehead atoms. The van der Waals surface area contributed by atoms with Gasteiger partial charge in [0.2, 0.25) is 5.91 Å². The van der Waals surface area contributed by atoms with Gasteiger partial charge in [-0.05, 0) is 24.3 Å². The van der Waals surface area contributed by atoms with Crippen LogP contribution in [0, 0.1) is 0 Å². The van der Waals surface area contributed by atoms with Crippen molar-refractivity contribution in [1.82, 2.24) is 4.57 Å². The molecule has 1 heterocycles. The van der Waals surface area contributed by atoms with Crippen molar-refractivity contribution in [2.75, 3.05) is 5.32 Å². The summed E-state index contributed by atoms with van der Waals surface area (Å²) in [5, 5.41) is 2.45. The van der Waals surface area contributed by atoms with E-state index in [2.05, 4.69) is 10.1 Å². The van der Waals surface area contributed by atoms with E-state index in [0.717, 1.165) is 4.57 Å². The number of anilines is 1. The fraction of sp³-hybridized carbons (Fsp3) is 0.125. The minimum absolute atomic E-state index is 0.0867. The third kappa shape index (κ3) is 3.27. The molecule has 6 nitrogen and oxygen atoms in total. The van der Waals surface area contributed by atoms with Crippen molar-refractivity contribution in [1.29, 1.82) is 0 Å². The molecule has 0 atom stereocenters. The highest BCUT2D eigenvalue weighted by Gasteiger charge is 2.15. The zero-order chi connectivity index (χ0) is 17.1. The van der Waals surface area contributed by atoms with Gasteiger partial charge >= 0.3 is 12.4 Å². The van der Waals surface area contributed by atoms with Crippen molar-refractivity contribution in [2.24, 2.45) is 0 Å². The van der Waals surface area contributed by atoms with Crippen LogP contribution in [-0.4, -0.2) is 17.1 Å². The largest absolute Gasteiger partial charge is 0.433 e. The number of oxazole rings is 1. The average Bonchev–Trinajstić information content (AvgIpc) is 2.85. The molecular weight excluding hydrogens is 322 g/mol. The van der Waals surface area contributed by atoms with E-state index in [1.165, 1.54) is 18.2 Å². The fourth-order valence-electron chi connectivity index (χ4n) is 2.27. The van der Waals surface area contributed by atoms with Crippen LogP contribution < -0.4 is 15.8 Å². The maximum atomic E-state index is 12.4. The molecule has 0 aliphatic carbocycles. The van der Waals surface area contributed by atoms with Gasteiger partial charge < -0.3 is 14.5 Å². The molecular formula is C16H12F2N2O4. The quantitative estimate of drug-likeness (QED) is 0.779. The lowest BCUT2D eigenvalue weighted by Gasteiger charge is -2.11. The summed E-state index contributed by atoms with van der Waals surface area (Å²) in [7, 11) is 0. The van der Waals surface area contributed by atoms with E-state index in [9.17, 15) is 18.4 Å². The van der Waals surface area contributed by atoms with Crippen LogP contribution in [0.5, 0.6) is 5.75 Å². The molecule has 1 N–H and O–H groups in total. The van der Waals surface area contributed by atoms with Gasteiger partial charge in [0.1, 0.15) is 12.3 Å². The second-order valence-electron chi connectivity index (χ2n) is 4.84. The standard InChI is InChI=1S/C16H12F2N2O4/c17-15(18)23-12-7-3-1-5-10(12)19-14(21)9-20-11-6-2-4-8-13(11)24-16(20)22/h1-8,15H,9H2,(H,19,21). The Kier molecular flexibility index (Phi) is 4.28. The molecule has 0 fully saturated rings. The van der Waals surface area contributed by atoms with Gasteiger partial charge in [0.15, 0.2) is 5.58 Å². The Morgan fingerprint density at radius 1 is 1.17 bits per heavy atom. The van der Waals surface area contributed by atoms with Gasteiger partial charge in [-0.1, -0.05) is 24.3 Å². The molecule has 3 rings (SSSR count). The summed E-state index contributed by atoms with van der Waals surface area (Å²) in [6.45, 7) is -3.33. The zero-order valence-corrected chi connectivity index (χ0v) is 12.2. The lowest BCUT2D eigenvalue weighted by Crippen LogP contribution is -2.25. The number of ether oxygens (including phenoxy) is 1. The second-order valence-corrected chi connectivity index (χ2v) is 4.84. The van der Waals surface area contributed by atoms with E-state index in [0.29, 0.717) is 11.1 Å². The van der Waals surface area contributed by atoms with Crippen molar-refractivity contribution in [3.8, 4) is 5.75 Å². The van der Waals surface area contributed by atoms with Crippen LogP contribution in [0.15, 0.2) is 57.7 Å². The first-order chi connectivity index (χ1) is 11.5. The molecule has 1 amide bonds. The number of alkyl halides is 2. The first-order valence-electron chi connectivity index (χ1n) is 6.96. The minimum Gasteiger partial charge on any atom is -0.433 e. The summed E-state index contributed by atoms with van der Waals surface area (Å²) in [5.41, 5.74) is 0.912. The molecule has 24 heavy (non-hydrogen) atoms. The van der Waals surface area contributed by atoms with E-state index in [4.69, 9.17) is 4.42 Å². The number of carbonyl (C=O) groups is 1. The summed E-state index contributed by atoms with van der Waals surface area (Å²) in [5.74, 6) is -1.41. The summed E-state index contributed by atoms with van der Waals surface area (Å²) in [6.07, 6.45) is 0. The lowest BCUT2D eigenvalue weighted by molar-refractivity contribution is -0.116. The molecule has 0 spiro atoms. The normalized spacial score (nSPS) is 11.0. The zero-order valence-electron chi connectivity index (χ0n) is 12.2. The van der Waals surface area contributed by atoms with Gasteiger partial charge in [0.05, 0.1) is 11.2 Å². The van der Waals surface area contributed by atoms with Crippen LogP contribution in [0.4, 0.5) is 14.5 Å². The van der Waals surface area contributed by atoms with Gasteiger partial charge in [0.25, 0.3) is 0 Å². The van der Waals surface area contributed by atoms with E-state index in [1.54, 1.807) is 30.3 Å². The van der Waals surface area contributed by atoms with Crippen molar-refractivity contribution in [2.45, 2.75) is 13.2 Å². The van der Waals surface area contributed by atoms with Gasteiger partial charge in [-0.2, -0.15) is 8.78 Å². The van der Waals surface area contributed by atoms with Crippen LogP contribution in [0.2, 0.25) is 0 Å². The van der Waals surface area contributed by atoms with Crippen molar-refractivity contribution >= 4 is 22.7 Å². The van der Waals surface area contributed by atoms with E-state index >= 15 is 0 Å². The summed E-state index contributed by atoms with van der Waals surface area (Å²) in [4.78, 5) is 24.0. The number of aromatic nitrogens is 1. The third-order valence-electron chi connectivity index (χ3n) is 3.25. The molecule has 3 aromatic rings. The molecule has 0 saturated heterocycles. The highest BCUT2D eigenvalue weighted by Crippen LogP contribution is 2.25. The number of halogens is 2. The predicted molar refractivity (Wildman–Crippen MR) is 82.2 cm³/mol. The minimum atomic E-state index is -3.01. The van der Waals surface area contributed by atoms with Crippen LogP contribution in [0.25, 0.3) is 11.1 Å². The van der Waals surface area contributed by atoms with Crippen LogP contribution in [-0.2, 0) is 11.3 Å². The first-order valence-corrected chi connectivity index (χ1v) is 6.96. The van der Waals surface area contributed by atoms with Crippen molar-refractivity contribution < 1.29 is 22.7 Å². The number of amides is 1. The molecule has 1 aromatic heterocycles. The predicted octanol–water partition coefficient (Wildman–Crippen LogP) is 2.83. The number of nitrogens with one attached hydrogen (secondary N) is 1. The van der Waals surface area contributed by atoms with Crippen LogP contribution >= 0.6 is 0 Å². The summed E-state index contributed by atoms with van der Waals surface area (Å²) >= 11 is 0. The van der Waals surface area contributed by atoms with Crippen LogP contribution in [0.3, 0.4) is 0 Å². The van der Waals surface area contributed by atoms with Crippen LogP contribution in [0.1, 0.15) is 0 Å². The Balaban J connectivity index is 1.81. The Hall–Kier alpha value is -3.16. The molecule has 0 saturated carbocycles. The average molecular weight is 334 g/mol. The number of hydrogen-bond acceptors (Lipinski definition) is 4. The molecule has 0 aliphatic heterocycles. The number of fused-ring (bicyclic) bond motifs is 1.